The lowest BCUT2D eigenvalue weighted by atomic mass is 10.1. The highest BCUT2D eigenvalue weighted by Crippen LogP contribution is 2.23. The maximum Gasteiger partial charge on any atom is 0.254 e. The number of nitrogens with one attached hydrogen (secondary N) is 1. The van der Waals surface area contributed by atoms with Gasteiger partial charge in [-0.25, -0.2) is 4.98 Å². The molecule has 0 fully saturated rings. The highest BCUT2D eigenvalue weighted by Gasteiger charge is 2.15. The summed E-state index contributed by atoms with van der Waals surface area (Å²) in [6, 6.07) is 7.42. The Bertz CT molecular complexity index is 619. The van der Waals surface area contributed by atoms with Crippen LogP contribution in [0.2, 0.25) is 4.34 Å². The van der Waals surface area contributed by atoms with Gasteiger partial charge in [0.25, 0.3) is 5.91 Å². The van der Waals surface area contributed by atoms with Gasteiger partial charge in [-0.05, 0) is 30.7 Å². The Morgan fingerprint density at radius 2 is 2.19 bits per heavy atom. The largest absolute Gasteiger partial charge is 0.373 e. The number of halogens is 1. The minimum absolute atomic E-state index is 0.0203. The van der Waals surface area contributed by atoms with Gasteiger partial charge in [0, 0.05) is 30.2 Å². The summed E-state index contributed by atoms with van der Waals surface area (Å²) in [5.41, 5.74) is 1.55. The van der Waals surface area contributed by atoms with Crippen LogP contribution >= 0.6 is 22.9 Å². The number of amides is 1. The van der Waals surface area contributed by atoms with Crippen molar-refractivity contribution in [3.8, 4) is 0 Å². The van der Waals surface area contributed by atoms with Crippen molar-refractivity contribution in [3.05, 3.63) is 44.7 Å². The Labute approximate surface area is 133 Å². The predicted octanol–water partition coefficient (Wildman–Crippen LogP) is 3.67. The standard InChI is InChI=1S/C15H18ClN3OS/c1-4-11-7-10(8-14(17-2)18-11)15(20)19(3)9-12-5-6-13(16)21-12/h5-8H,4,9H2,1-3H3,(H,17,18). The lowest BCUT2D eigenvalue weighted by molar-refractivity contribution is 0.0786. The number of rotatable bonds is 5. The van der Waals surface area contributed by atoms with Gasteiger partial charge in [0.05, 0.1) is 10.9 Å². The molecule has 0 saturated heterocycles. The molecule has 0 saturated carbocycles. The first-order valence-corrected chi connectivity index (χ1v) is 7.91. The molecule has 0 unspecified atom stereocenters. The Hall–Kier alpha value is -1.59. The molecule has 4 nitrogen and oxygen atoms in total. The first-order chi connectivity index (χ1) is 10.0. The molecule has 2 aromatic heterocycles. The van der Waals surface area contributed by atoms with Crippen LogP contribution in [0.3, 0.4) is 0 Å². The molecule has 0 bridgehead atoms. The van der Waals surface area contributed by atoms with Crippen molar-refractivity contribution >= 4 is 34.7 Å². The van der Waals surface area contributed by atoms with Crippen molar-refractivity contribution in [2.24, 2.45) is 0 Å². The van der Waals surface area contributed by atoms with E-state index in [1.165, 1.54) is 11.3 Å². The van der Waals surface area contributed by atoms with Crippen LogP contribution in [0.4, 0.5) is 5.82 Å². The van der Waals surface area contributed by atoms with Crippen LogP contribution in [-0.4, -0.2) is 29.9 Å². The molecule has 0 aromatic carbocycles. The van der Waals surface area contributed by atoms with Gasteiger partial charge in [-0.15, -0.1) is 11.3 Å². The summed E-state index contributed by atoms with van der Waals surface area (Å²) < 4.78 is 0.737. The van der Waals surface area contributed by atoms with E-state index in [4.69, 9.17) is 11.6 Å². The maximum absolute atomic E-state index is 12.5. The summed E-state index contributed by atoms with van der Waals surface area (Å²) in [4.78, 5) is 19.7. The zero-order valence-corrected chi connectivity index (χ0v) is 13.9. The number of aryl methyl sites for hydroxylation is 1. The molecule has 6 heteroatoms. The van der Waals surface area contributed by atoms with Gasteiger partial charge in [0.1, 0.15) is 5.82 Å². The molecule has 1 amide bonds. The first kappa shape index (κ1) is 15.8. The fraction of sp³-hybridized carbons (Fsp3) is 0.333. The second-order valence-electron chi connectivity index (χ2n) is 4.70. The van der Waals surface area contributed by atoms with Crippen molar-refractivity contribution in [2.45, 2.75) is 19.9 Å². The third-order valence-electron chi connectivity index (χ3n) is 3.11. The summed E-state index contributed by atoms with van der Waals surface area (Å²) in [6.45, 7) is 2.57. The molecule has 1 N–H and O–H groups in total. The number of aromatic nitrogens is 1. The van der Waals surface area contributed by atoms with Crippen molar-refractivity contribution < 1.29 is 4.79 Å². The average Bonchev–Trinajstić information content (AvgIpc) is 2.90. The number of hydrogen-bond donors (Lipinski definition) is 1. The molecule has 0 spiro atoms. The summed E-state index contributed by atoms with van der Waals surface area (Å²) in [7, 11) is 3.59. The normalized spacial score (nSPS) is 10.5. The van der Waals surface area contributed by atoms with Gasteiger partial charge in [-0.3, -0.25) is 4.79 Å². The average molecular weight is 324 g/mol. The summed E-state index contributed by atoms with van der Waals surface area (Å²) >= 11 is 7.41. The third-order valence-corrected chi connectivity index (χ3v) is 4.33. The number of carbonyl (C=O) groups is 1. The molecular weight excluding hydrogens is 306 g/mol. The van der Waals surface area contributed by atoms with Crippen LogP contribution in [-0.2, 0) is 13.0 Å². The number of carbonyl (C=O) groups excluding carboxylic acids is 1. The van der Waals surface area contributed by atoms with Crippen LogP contribution in [0.1, 0.15) is 27.9 Å². The zero-order chi connectivity index (χ0) is 15.4. The molecule has 0 aliphatic heterocycles. The van der Waals surface area contributed by atoms with Gasteiger partial charge in [0.2, 0.25) is 0 Å². The van der Waals surface area contributed by atoms with Gasteiger partial charge in [-0.1, -0.05) is 18.5 Å². The van der Waals surface area contributed by atoms with Gasteiger partial charge < -0.3 is 10.2 Å². The second kappa shape index (κ2) is 6.91. The van der Waals surface area contributed by atoms with E-state index in [-0.39, 0.29) is 5.91 Å². The molecule has 0 aliphatic rings. The second-order valence-corrected chi connectivity index (χ2v) is 6.50. The SMILES string of the molecule is CCc1cc(C(=O)N(C)Cc2ccc(Cl)s2)cc(NC)n1. The highest BCUT2D eigenvalue weighted by atomic mass is 35.5. The van der Waals surface area contributed by atoms with E-state index in [1.807, 2.05) is 25.1 Å². The Morgan fingerprint density at radius 3 is 2.76 bits per heavy atom. The van der Waals surface area contributed by atoms with E-state index in [0.717, 1.165) is 21.3 Å². The lowest BCUT2D eigenvalue weighted by Crippen LogP contribution is -2.26. The van der Waals surface area contributed by atoms with E-state index in [0.29, 0.717) is 17.9 Å². The highest BCUT2D eigenvalue weighted by molar-refractivity contribution is 7.16. The summed E-state index contributed by atoms with van der Waals surface area (Å²) in [5, 5.41) is 2.99. The van der Waals surface area contributed by atoms with Crippen molar-refractivity contribution in [1.82, 2.24) is 9.88 Å². The van der Waals surface area contributed by atoms with E-state index in [9.17, 15) is 4.79 Å². The molecule has 0 aliphatic carbocycles. The molecule has 0 atom stereocenters. The fourth-order valence-electron chi connectivity index (χ4n) is 1.98. The van der Waals surface area contributed by atoms with Gasteiger partial charge in [0.15, 0.2) is 0 Å². The number of nitrogens with zero attached hydrogens (tertiary/aromatic N) is 2. The Kier molecular flexibility index (Phi) is 5.20. The van der Waals surface area contributed by atoms with Crippen LogP contribution in [0, 0.1) is 0 Å². The molecule has 2 aromatic rings. The van der Waals surface area contributed by atoms with Gasteiger partial charge in [-0.2, -0.15) is 0 Å². The smallest absolute Gasteiger partial charge is 0.254 e. The minimum atomic E-state index is -0.0203. The number of pyridine rings is 1. The molecular formula is C15H18ClN3OS. The van der Waals surface area contributed by atoms with Crippen molar-refractivity contribution in [3.63, 3.8) is 0 Å². The summed E-state index contributed by atoms with van der Waals surface area (Å²) in [5.74, 6) is 0.693. The zero-order valence-electron chi connectivity index (χ0n) is 12.3. The lowest BCUT2D eigenvalue weighted by Gasteiger charge is -2.17. The minimum Gasteiger partial charge on any atom is -0.373 e. The number of hydrogen-bond acceptors (Lipinski definition) is 4. The van der Waals surface area contributed by atoms with E-state index in [2.05, 4.69) is 10.3 Å². The fourth-order valence-corrected chi connectivity index (χ4v) is 3.12. The van der Waals surface area contributed by atoms with Crippen LogP contribution < -0.4 is 5.32 Å². The van der Waals surface area contributed by atoms with Crippen molar-refractivity contribution in [1.29, 1.82) is 0 Å². The third kappa shape index (κ3) is 3.95. The van der Waals surface area contributed by atoms with Crippen LogP contribution in [0.15, 0.2) is 24.3 Å². The molecule has 2 heterocycles. The van der Waals surface area contributed by atoms with E-state index >= 15 is 0 Å². The van der Waals surface area contributed by atoms with E-state index in [1.54, 1.807) is 25.1 Å². The number of thiophene rings is 1. The van der Waals surface area contributed by atoms with E-state index < -0.39 is 0 Å². The first-order valence-electron chi connectivity index (χ1n) is 6.72. The van der Waals surface area contributed by atoms with Crippen LogP contribution in [0.25, 0.3) is 0 Å². The summed E-state index contributed by atoms with van der Waals surface area (Å²) in [6.07, 6.45) is 0.792. The Balaban J connectivity index is 2.18. The number of anilines is 1. The molecule has 2 rings (SSSR count). The quantitative estimate of drug-likeness (QED) is 0.913. The Morgan fingerprint density at radius 1 is 1.43 bits per heavy atom. The maximum atomic E-state index is 12.5. The topological polar surface area (TPSA) is 45.2 Å². The molecule has 0 radical (unpaired) electrons. The predicted molar refractivity (Wildman–Crippen MR) is 88.3 cm³/mol. The molecule has 21 heavy (non-hydrogen) atoms. The molecule has 112 valence electrons. The van der Waals surface area contributed by atoms with Gasteiger partial charge >= 0.3 is 0 Å². The monoisotopic (exact) mass is 323 g/mol. The van der Waals surface area contributed by atoms with Crippen LogP contribution in [0.5, 0.6) is 0 Å². The van der Waals surface area contributed by atoms with Crippen molar-refractivity contribution in [2.75, 3.05) is 19.4 Å².